The Morgan fingerprint density at radius 3 is 2.42 bits per heavy atom. The molecule has 102 valence electrons. The molecule has 2 rings (SSSR count). The number of carbonyl (C=O) groups is 2. The van der Waals surface area contributed by atoms with Crippen LogP contribution < -0.4 is 5.73 Å². The number of nitrogens with zero attached hydrogens (tertiary/aromatic N) is 2. The fraction of sp³-hybridized carbons (Fsp3) is 0.429. The van der Waals surface area contributed by atoms with Gasteiger partial charge in [-0.3, -0.25) is 9.59 Å². The first-order valence-electron chi connectivity index (χ1n) is 6.54. The first-order valence-corrected chi connectivity index (χ1v) is 6.54. The molecule has 1 aliphatic rings. The molecule has 2 N–H and O–H groups in total. The van der Waals surface area contributed by atoms with Crippen LogP contribution in [0.1, 0.15) is 18.5 Å². The maximum Gasteiger partial charge on any atom is 0.312 e. The van der Waals surface area contributed by atoms with Crippen LogP contribution in [-0.4, -0.2) is 47.8 Å². The van der Waals surface area contributed by atoms with Crippen molar-refractivity contribution in [2.45, 2.75) is 13.0 Å². The minimum absolute atomic E-state index is 0.225. The molecular weight excluding hydrogens is 242 g/mol. The summed E-state index contributed by atoms with van der Waals surface area (Å²) in [6, 6.07) is 9.37. The first-order chi connectivity index (χ1) is 9.19. The Bertz CT molecular complexity index is 461. The highest BCUT2D eigenvalue weighted by atomic mass is 16.2. The lowest BCUT2D eigenvalue weighted by atomic mass is 10.0. The fourth-order valence-electron chi connectivity index (χ4n) is 2.41. The normalized spacial score (nSPS) is 17.8. The summed E-state index contributed by atoms with van der Waals surface area (Å²) in [4.78, 5) is 27.2. The van der Waals surface area contributed by atoms with Gasteiger partial charge in [-0.05, 0) is 12.5 Å². The third kappa shape index (κ3) is 2.61. The van der Waals surface area contributed by atoms with Gasteiger partial charge < -0.3 is 15.5 Å². The highest BCUT2D eigenvalue weighted by Crippen LogP contribution is 2.22. The van der Waals surface area contributed by atoms with E-state index in [9.17, 15) is 9.59 Å². The number of likely N-dealkylation sites (N-methyl/N-ethyl adjacent to an activating group) is 1. The van der Waals surface area contributed by atoms with Gasteiger partial charge in [-0.1, -0.05) is 30.3 Å². The van der Waals surface area contributed by atoms with Crippen molar-refractivity contribution in [3.63, 3.8) is 0 Å². The van der Waals surface area contributed by atoms with Crippen molar-refractivity contribution in [1.82, 2.24) is 9.80 Å². The van der Waals surface area contributed by atoms with Crippen LogP contribution in [-0.2, 0) is 9.59 Å². The molecule has 1 heterocycles. The second-order valence-corrected chi connectivity index (χ2v) is 4.55. The van der Waals surface area contributed by atoms with Gasteiger partial charge in [0, 0.05) is 26.2 Å². The van der Waals surface area contributed by atoms with Crippen LogP contribution in [0.15, 0.2) is 30.3 Å². The minimum atomic E-state index is -0.451. The van der Waals surface area contributed by atoms with E-state index >= 15 is 0 Å². The van der Waals surface area contributed by atoms with Crippen molar-refractivity contribution >= 4 is 11.8 Å². The van der Waals surface area contributed by atoms with Crippen LogP contribution in [0.5, 0.6) is 0 Å². The highest BCUT2D eigenvalue weighted by Gasteiger charge is 2.35. The van der Waals surface area contributed by atoms with Crippen molar-refractivity contribution in [2.75, 3.05) is 26.2 Å². The predicted molar refractivity (Wildman–Crippen MR) is 72.2 cm³/mol. The molecule has 0 radical (unpaired) electrons. The summed E-state index contributed by atoms with van der Waals surface area (Å²) >= 11 is 0. The van der Waals surface area contributed by atoms with Crippen molar-refractivity contribution in [2.24, 2.45) is 5.73 Å². The van der Waals surface area contributed by atoms with E-state index in [1.54, 1.807) is 9.80 Å². The Balaban J connectivity index is 2.21. The van der Waals surface area contributed by atoms with Crippen LogP contribution in [0.25, 0.3) is 0 Å². The molecule has 1 aromatic carbocycles. The second-order valence-electron chi connectivity index (χ2n) is 4.55. The van der Waals surface area contributed by atoms with E-state index < -0.39 is 11.8 Å². The van der Waals surface area contributed by atoms with E-state index in [1.807, 2.05) is 37.3 Å². The molecule has 1 aliphatic heterocycles. The van der Waals surface area contributed by atoms with E-state index in [4.69, 9.17) is 5.73 Å². The monoisotopic (exact) mass is 261 g/mol. The molecular formula is C14H19N3O2. The average molecular weight is 261 g/mol. The minimum Gasteiger partial charge on any atom is -0.333 e. The zero-order chi connectivity index (χ0) is 13.8. The van der Waals surface area contributed by atoms with Gasteiger partial charge in [-0.15, -0.1) is 0 Å². The largest absolute Gasteiger partial charge is 0.333 e. The number of carbonyl (C=O) groups excluding carboxylic acids is 2. The van der Waals surface area contributed by atoms with Crippen LogP contribution in [0.3, 0.4) is 0 Å². The number of amides is 2. The van der Waals surface area contributed by atoms with Crippen molar-refractivity contribution in [3.8, 4) is 0 Å². The van der Waals surface area contributed by atoms with Crippen molar-refractivity contribution in [1.29, 1.82) is 0 Å². The topological polar surface area (TPSA) is 66.6 Å². The van der Waals surface area contributed by atoms with Crippen molar-refractivity contribution < 1.29 is 9.59 Å². The number of benzene rings is 1. The van der Waals surface area contributed by atoms with Gasteiger partial charge >= 0.3 is 11.8 Å². The first kappa shape index (κ1) is 13.5. The molecule has 1 fully saturated rings. The summed E-state index contributed by atoms with van der Waals surface area (Å²) in [7, 11) is 0. The van der Waals surface area contributed by atoms with E-state index in [1.165, 1.54) is 0 Å². The Morgan fingerprint density at radius 1 is 1.16 bits per heavy atom. The Morgan fingerprint density at radius 2 is 1.84 bits per heavy atom. The molecule has 0 aliphatic carbocycles. The standard InChI is InChI=1S/C14H19N3O2/c1-2-16-8-9-17(14(19)13(16)18)12(10-15)11-6-4-3-5-7-11/h3-7,12H,2,8-10,15H2,1H3. The summed E-state index contributed by atoms with van der Waals surface area (Å²) in [5, 5.41) is 0. The average Bonchev–Trinajstić information content (AvgIpc) is 2.45. The lowest BCUT2D eigenvalue weighted by Gasteiger charge is -2.37. The van der Waals surface area contributed by atoms with E-state index in [-0.39, 0.29) is 6.04 Å². The molecule has 5 heteroatoms. The van der Waals surface area contributed by atoms with Gasteiger partial charge in [0.25, 0.3) is 0 Å². The zero-order valence-electron chi connectivity index (χ0n) is 11.1. The summed E-state index contributed by atoms with van der Waals surface area (Å²) in [6.45, 7) is 3.87. The van der Waals surface area contributed by atoms with Crippen LogP contribution in [0, 0.1) is 0 Å². The third-order valence-corrected chi connectivity index (χ3v) is 3.51. The number of nitrogens with two attached hydrogens (primary N) is 1. The summed E-state index contributed by atoms with van der Waals surface area (Å²) in [6.07, 6.45) is 0. The van der Waals surface area contributed by atoms with Gasteiger partial charge in [0.15, 0.2) is 0 Å². The lowest BCUT2D eigenvalue weighted by molar-refractivity contribution is -0.157. The smallest absolute Gasteiger partial charge is 0.312 e. The number of hydrogen-bond donors (Lipinski definition) is 1. The van der Waals surface area contributed by atoms with Gasteiger partial charge in [0.2, 0.25) is 0 Å². The Hall–Kier alpha value is -1.88. The van der Waals surface area contributed by atoms with Gasteiger partial charge in [0.1, 0.15) is 0 Å². The second kappa shape index (κ2) is 5.84. The lowest BCUT2D eigenvalue weighted by Crippen LogP contribution is -2.55. The fourth-order valence-corrected chi connectivity index (χ4v) is 2.41. The molecule has 19 heavy (non-hydrogen) atoms. The van der Waals surface area contributed by atoms with Crippen LogP contribution in [0.4, 0.5) is 0 Å². The molecule has 2 amide bonds. The van der Waals surface area contributed by atoms with Gasteiger partial charge in [-0.25, -0.2) is 0 Å². The molecule has 1 unspecified atom stereocenters. The number of hydrogen-bond acceptors (Lipinski definition) is 3. The van der Waals surface area contributed by atoms with E-state index in [2.05, 4.69) is 0 Å². The Labute approximate surface area is 113 Å². The molecule has 0 spiro atoms. The number of piperazine rings is 1. The zero-order valence-corrected chi connectivity index (χ0v) is 11.1. The molecule has 0 bridgehead atoms. The highest BCUT2D eigenvalue weighted by molar-refractivity contribution is 6.35. The predicted octanol–water partition coefficient (Wildman–Crippen LogP) is 0.377. The quantitative estimate of drug-likeness (QED) is 0.797. The maximum absolute atomic E-state index is 12.1. The summed E-state index contributed by atoms with van der Waals surface area (Å²) < 4.78 is 0. The van der Waals surface area contributed by atoms with Crippen LogP contribution in [0.2, 0.25) is 0 Å². The molecule has 0 aromatic heterocycles. The maximum atomic E-state index is 12.1. The molecule has 1 atom stereocenters. The molecule has 1 saturated heterocycles. The van der Waals surface area contributed by atoms with Crippen molar-refractivity contribution in [3.05, 3.63) is 35.9 Å². The summed E-state index contributed by atoms with van der Waals surface area (Å²) in [5.74, 6) is -0.879. The van der Waals surface area contributed by atoms with E-state index in [0.717, 1.165) is 5.56 Å². The van der Waals surface area contributed by atoms with Gasteiger partial charge in [-0.2, -0.15) is 0 Å². The third-order valence-electron chi connectivity index (χ3n) is 3.51. The molecule has 5 nitrogen and oxygen atoms in total. The van der Waals surface area contributed by atoms with Gasteiger partial charge in [0.05, 0.1) is 6.04 Å². The Kier molecular flexibility index (Phi) is 4.16. The molecule has 0 saturated carbocycles. The molecule has 1 aromatic rings. The van der Waals surface area contributed by atoms with Crippen LogP contribution >= 0.6 is 0 Å². The SMILES string of the molecule is CCN1CCN(C(CN)c2ccccc2)C(=O)C1=O. The number of rotatable bonds is 4. The van der Waals surface area contributed by atoms with E-state index in [0.29, 0.717) is 26.2 Å². The summed E-state index contributed by atoms with van der Waals surface area (Å²) in [5.41, 5.74) is 6.76.